The number of methoxy groups -OCH3 is 1. The van der Waals surface area contributed by atoms with Gasteiger partial charge in [0.15, 0.2) is 5.75 Å². The third kappa shape index (κ3) is 4.42. The van der Waals surface area contributed by atoms with Gasteiger partial charge in [0.25, 0.3) is 0 Å². The van der Waals surface area contributed by atoms with Gasteiger partial charge >= 0.3 is 0 Å². The summed E-state index contributed by atoms with van der Waals surface area (Å²) in [6, 6.07) is 13.7. The molecule has 0 aliphatic rings. The molecular formula is C20H18N4O4. The molecule has 0 saturated carbocycles. The van der Waals surface area contributed by atoms with Crippen molar-refractivity contribution in [3.8, 4) is 28.5 Å². The number of nitrogens with one attached hydrogen (secondary N) is 1. The van der Waals surface area contributed by atoms with Crippen molar-refractivity contribution < 1.29 is 19.1 Å². The van der Waals surface area contributed by atoms with Crippen molar-refractivity contribution in [2.75, 3.05) is 12.4 Å². The molecule has 0 fully saturated rings. The number of carbonyl (C=O) groups is 2. The van der Waals surface area contributed by atoms with Crippen LogP contribution in [0.1, 0.15) is 17.3 Å². The average Bonchev–Trinajstić information content (AvgIpc) is 2.69. The first-order chi connectivity index (χ1) is 13.5. The highest BCUT2D eigenvalue weighted by atomic mass is 16.5. The van der Waals surface area contributed by atoms with E-state index in [1.54, 1.807) is 37.4 Å². The molecule has 0 saturated heterocycles. The van der Waals surface area contributed by atoms with Gasteiger partial charge in [0, 0.05) is 18.1 Å². The Bertz CT molecular complexity index is 1040. The van der Waals surface area contributed by atoms with E-state index in [0.717, 1.165) is 0 Å². The third-order valence-corrected chi connectivity index (χ3v) is 3.73. The van der Waals surface area contributed by atoms with Crippen molar-refractivity contribution in [3.05, 3.63) is 60.3 Å². The number of carbonyl (C=O) groups excluding carboxylic acids is 2. The van der Waals surface area contributed by atoms with Crippen LogP contribution in [0.2, 0.25) is 0 Å². The number of benzene rings is 2. The van der Waals surface area contributed by atoms with Crippen LogP contribution in [-0.2, 0) is 4.79 Å². The minimum Gasteiger partial charge on any atom is -0.497 e. The molecule has 8 nitrogen and oxygen atoms in total. The molecule has 2 amide bonds. The SMILES string of the molecule is COc1cccc(-c2nc(NC(C)=O)ncc2Oc2cccc(C(N)=O)c2)c1. The first kappa shape index (κ1) is 18.8. The molecule has 0 aliphatic heterocycles. The fraction of sp³-hybridized carbons (Fsp3) is 0.100. The highest BCUT2D eigenvalue weighted by Crippen LogP contribution is 2.33. The van der Waals surface area contributed by atoms with E-state index >= 15 is 0 Å². The van der Waals surface area contributed by atoms with Crippen LogP contribution in [0.5, 0.6) is 17.2 Å². The summed E-state index contributed by atoms with van der Waals surface area (Å²) in [5, 5.41) is 2.55. The molecule has 0 spiro atoms. The number of rotatable bonds is 6. The number of anilines is 1. The van der Waals surface area contributed by atoms with Gasteiger partial charge in [0.05, 0.1) is 13.3 Å². The highest BCUT2D eigenvalue weighted by Gasteiger charge is 2.14. The van der Waals surface area contributed by atoms with Gasteiger partial charge in [0.2, 0.25) is 17.8 Å². The maximum absolute atomic E-state index is 11.4. The maximum Gasteiger partial charge on any atom is 0.248 e. The third-order valence-electron chi connectivity index (χ3n) is 3.73. The Balaban J connectivity index is 2.05. The lowest BCUT2D eigenvalue weighted by molar-refractivity contribution is -0.114. The van der Waals surface area contributed by atoms with E-state index in [4.69, 9.17) is 15.2 Å². The molecule has 0 aliphatic carbocycles. The van der Waals surface area contributed by atoms with Crippen LogP contribution >= 0.6 is 0 Å². The van der Waals surface area contributed by atoms with Gasteiger partial charge in [-0.15, -0.1) is 0 Å². The molecule has 28 heavy (non-hydrogen) atoms. The number of nitrogens with two attached hydrogens (primary N) is 1. The fourth-order valence-corrected chi connectivity index (χ4v) is 2.48. The molecule has 3 rings (SSSR count). The summed E-state index contributed by atoms with van der Waals surface area (Å²) in [6.45, 7) is 1.37. The van der Waals surface area contributed by atoms with E-state index in [1.807, 2.05) is 12.1 Å². The molecule has 8 heteroatoms. The van der Waals surface area contributed by atoms with Gasteiger partial charge in [-0.1, -0.05) is 18.2 Å². The monoisotopic (exact) mass is 378 g/mol. The van der Waals surface area contributed by atoms with Crippen molar-refractivity contribution in [2.24, 2.45) is 5.73 Å². The lowest BCUT2D eigenvalue weighted by atomic mass is 10.1. The maximum atomic E-state index is 11.4. The van der Waals surface area contributed by atoms with Gasteiger partial charge in [0.1, 0.15) is 17.2 Å². The lowest BCUT2D eigenvalue weighted by Gasteiger charge is -2.13. The van der Waals surface area contributed by atoms with Crippen LogP contribution in [0.4, 0.5) is 5.95 Å². The summed E-state index contributed by atoms with van der Waals surface area (Å²) < 4.78 is 11.2. The van der Waals surface area contributed by atoms with Crippen LogP contribution < -0.4 is 20.5 Å². The highest BCUT2D eigenvalue weighted by molar-refractivity contribution is 5.93. The average molecular weight is 378 g/mol. The molecule has 0 unspecified atom stereocenters. The molecule has 0 atom stereocenters. The second-order valence-corrected chi connectivity index (χ2v) is 5.81. The first-order valence-corrected chi connectivity index (χ1v) is 8.33. The summed E-state index contributed by atoms with van der Waals surface area (Å²) in [5.41, 5.74) is 6.79. The van der Waals surface area contributed by atoms with Crippen molar-refractivity contribution in [1.82, 2.24) is 9.97 Å². The van der Waals surface area contributed by atoms with Gasteiger partial charge < -0.3 is 15.2 Å². The Labute approximate surface area is 161 Å². The molecule has 1 aromatic heterocycles. The second kappa shape index (κ2) is 8.17. The zero-order valence-electron chi connectivity index (χ0n) is 15.3. The number of hydrogen-bond donors (Lipinski definition) is 2. The van der Waals surface area contributed by atoms with Crippen molar-refractivity contribution in [3.63, 3.8) is 0 Å². The number of primary amides is 1. The standard InChI is InChI=1S/C20H18N4O4/c1-12(25)23-20-22-11-17(28-16-8-4-6-14(10-16)19(21)26)18(24-20)13-5-3-7-15(9-13)27-2/h3-11H,1-2H3,(H2,21,26)(H,22,23,24,25). The minimum atomic E-state index is -0.560. The predicted molar refractivity (Wildman–Crippen MR) is 103 cm³/mol. The number of aromatic nitrogens is 2. The summed E-state index contributed by atoms with van der Waals surface area (Å²) in [6.07, 6.45) is 1.45. The first-order valence-electron chi connectivity index (χ1n) is 8.33. The number of hydrogen-bond acceptors (Lipinski definition) is 6. The van der Waals surface area contributed by atoms with Crippen LogP contribution in [0.15, 0.2) is 54.7 Å². The molecule has 0 bridgehead atoms. The Morgan fingerprint density at radius 2 is 1.82 bits per heavy atom. The topological polar surface area (TPSA) is 116 Å². The summed E-state index contributed by atoms with van der Waals surface area (Å²) in [7, 11) is 1.56. The van der Waals surface area contributed by atoms with Crippen molar-refractivity contribution in [1.29, 1.82) is 0 Å². The van der Waals surface area contributed by atoms with Gasteiger partial charge in [-0.3, -0.25) is 14.9 Å². The van der Waals surface area contributed by atoms with Crippen LogP contribution in [0.25, 0.3) is 11.3 Å². The fourth-order valence-electron chi connectivity index (χ4n) is 2.48. The smallest absolute Gasteiger partial charge is 0.248 e. The lowest BCUT2D eigenvalue weighted by Crippen LogP contribution is -2.11. The summed E-state index contributed by atoms with van der Waals surface area (Å²) >= 11 is 0. The van der Waals surface area contributed by atoms with E-state index in [-0.39, 0.29) is 11.9 Å². The van der Waals surface area contributed by atoms with Crippen molar-refractivity contribution >= 4 is 17.8 Å². The number of nitrogens with zero attached hydrogens (tertiary/aromatic N) is 2. The quantitative estimate of drug-likeness (QED) is 0.681. The van der Waals surface area contributed by atoms with E-state index < -0.39 is 5.91 Å². The molecule has 142 valence electrons. The molecule has 1 heterocycles. The minimum absolute atomic E-state index is 0.142. The second-order valence-electron chi connectivity index (χ2n) is 5.81. The Hall–Kier alpha value is -3.94. The Morgan fingerprint density at radius 3 is 2.54 bits per heavy atom. The Morgan fingerprint density at radius 1 is 1.07 bits per heavy atom. The van der Waals surface area contributed by atoms with E-state index in [2.05, 4.69) is 15.3 Å². The molecule has 3 aromatic rings. The number of ether oxygens (including phenoxy) is 2. The number of amides is 2. The summed E-state index contributed by atoms with van der Waals surface area (Å²) in [4.78, 5) is 31.3. The van der Waals surface area contributed by atoms with Gasteiger partial charge in [-0.25, -0.2) is 9.97 Å². The predicted octanol–water partition coefficient (Wildman–Crippen LogP) is 3.00. The van der Waals surface area contributed by atoms with E-state index in [1.165, 1.54) is 19.2 Å². The molecule has 3 N–H and O–H groups in total. The van der Waals surface area contributed by atoms with E-state index in [9.17, 15) is 9.59 Å². The van der Waals surface area contributed by atoms with Gasteiger partial charge in [-0.2, -0.15) is 0 Å². The van der Waals surface area contributed by atoms with Crippen LogP contribution in [0.3, 0.4) is 0 Å². The zero-order chi connectivity index (χ0) is 20.1. The van der Waals surface area contributed by atoms with E-state index in [0.29, 0.717) is 34.1 Å². The normalized spacial score (nSPS) is 10.2. The van der Waals surface area contributed by atoms with Crippen molar-refractivity contribution in [2.45, 2.75) is 6.92 Å². The zero-order valence-corrected chi connectivity index (χ0v) is 15.3. The summed E-state index contributed by atoms with van der Waals surface area (Å²) in [5.74, 6) is 0.665. The van der Waals surface area contributed by atoms with Crippen LogP contribution in [0, 0.1) is 0 Å². The Kier molecular flexibility index (Phi) is 5.50. The molecule has 2 aromatic carbocycles. The van der Waals surface area contributed by atoms with Crippen LogP contribution in [-0.4, -0.2) is 28.9 Å². The van der Waals surface area contributed by atoms with Gasteiger partial charge in [-0.05, 0) is 30.3 Å². The molecular weight excluding hydrogens is 360 g/mol. The largest absolute Gasteiger partial charge is 0.497 e. The molecule has 0 radical (unpaired) electrons.